The first-order valence-corrected chi connectivity index (χ1v) is 14.1. The molecule has 1 amide bonds. The van der Waals surface area contributed by atoms with Gasteiger partial charge in [0.25, 0.3) is 11.6 Å². The molecule has 0 bridgehead atoms. The summed E-state index contributed by atoms with van der Waals surface area (Å²) >= 11 is 5.41. The summed E-state index contributed by atoms with van der Waals surface area (Å²) in [6.07, 6.45) is 1.96. The molecule has 2 heterocycles. The summed E-state index contributed by atoms with van der Waals surface area (Å²) in [4.78, 5) is 28.0. The molecule has 41 heavy (non-hydrogen) atoms. The molecule has 2 N–H and O–H groups in total. The highest BCUT2D eigenvalue weighted by Gasteiger charge is 2.25. The molecule has 1 fully saturated rings. The SMILES string of the molecule is Cc1cc2nn(-c3ccc(C(C)C)cc3)nc2cc1NC(=S)NC(=O)c1ccc(N2CCC(C)CC2)c([N+](=O)[O-])c1. The lowest BCUT2D eigenvalue weighted by Crippen LogP contribution is -2.35. The van der Waals surface area contributed by atoms with Crippen molar-refractivity contribution in [3.8, 4) is 5.69 Å². The van der Waals surface area contributed by atoms with Crippen molar-refractivity contribution >= 4 is 51.3 Å². The molecule has 1 aliphatic heterocycles. The number of nitro groups is 1. The lowest BCUT2D eigenvalue weighted by Gasteiger charge is -2.31. The smallest absolute Gasteiger partial charge is 0.293 e. The minimum atomic E-state index is -0.529. The van der Waals surface area contributed by atoms with Gasteiger partial charge >= 0.3 is 0 Å². The highest BCUT2D eigenvalue weighted by Crippen LogP contribution is 2.32. The van der Waals surface area contributed by atoms with E-state index in [2.05, 4.69) is 53.7 Å². The van der Waals surface area contributed by atoms with Crippen LogP contribution in [0, 0.1) is 23.0 Å². The minimum Gasteiger partial charge on any atom is -0.366 e. The molecular formula is C30H33N7O3S. The van der Waals surface area contributed by atoms with Crippen molar-refractivity contribution in [2.24, 2.45) is 5.92 Å². The lowest BCUT2D eigenvalue weighted by molar-refractivity contribution is -0.384. The molecule has 212 valence electrons. The Morgan fingerprint density at radius 3 is 2.34 bits per heavy atom. The maximum atomic E-state index is 13.0. The molecule has 1 aliphatic rings. The molecule has 5 rings (SSSR count). The number of hydrogen-bond donors (Lipinski definition) is 2. The molecule has 3 aromatic carbocycles. The van der Waals surface area contributed by atoms with Crippen molar-refractivity contribution in [2.45, 2.75) is 46.5 Å². The number of amides is 1. The number of hydrogen-bond acceptors (Lipinski definition) is 7. The van der Waals surface area contributed by atoms with Crippen molar-refractivity contribution < 1.29 is 9.72 Å². The van der Waals surface area contributed by atoms with E-state index in [0.29, 0.717) is 28.7 Å². The average Bonchev–Trinajstić information content (AvgIpc) is 3.36. The summed E-state index contributed by atoms with van der Waals surface area (Å²) in [7, 11) is 0. The van der Waals surface area contributed by atoms with Crippen molar-refractivity contribution in [3.05, 3.63) is 81.4 Å². The Morgan fingerprint density at radius 2 is 1.71 bits per heavy atom. The van der Waals surface area contributed by atoms with Gasteiger partial charge in [0.15, 0.2) is 5.11 Å². The molecule has 10 nitrogen and oxygen atoms in total. The fourth-order valence-corrected chi connectivity index (χ4v) is 5.17. The Morgan fingerprint density at radius 1 is 1.05 bits per heavy atom. The second kappa shape index (κ2) is 11.6. The first kappa shape index (κ1) is 28.2. The first-order chi connectivity index (χ1) is 19.6. The molecule has 0 unspecified atom stereocenters. The number of nitro benzene ring substituents is 1. The van der Waals surface area contributed by atoms with Crippen molar-refractivity contribution in [1.82, 2.24) is 20.3 Å². The third-order valence-corrected chi connectivity index (χ3v) is 7.76. The van der Waals surface area contributed by atoms with Gasteiger partial charge < -0.3 is 10.2 Å². The summed E-state index contributed by atoms with van der Waals surface area (Å²) < 4.78 is 0. The molecule has 0 saturated carbocycles. The topological polar surface area (TPSA) is 118 Å². The first-order valence-electron chi connectivity index (χ1n) is 13.7. The van der Waals surface area contributed by atoms with Crippen LogP contribution in [0.2, 0.25) is 0 Å². The number of nitrogens with one attached hydrogen (secondary N) is 2. The molecule has 0 aliphatic carbocycles. The number of nitrogens with zero attached hydrogens (tertiary/aromatic N) is 5. The highest BCUT2D eigenvalue weighted by atomic mass is 32.1. The van der Waals surface area contributed by atoms with Crippen LogP contribution in [0.3, 0.4) is 0 Å². The summed E-state index contributed by atoms with van der Waals surface area (Å²) in [5, 5.41) is 26.8. The Bertz CT molecular complexity index is 1620. The summed E-state index contributed by atoms with van der Waals surface area (Å²) in [5.41, 5.74) is 5.64. The van der Waals surface area contributed by atoms with Crippen LogP contribution in [-0.4, -0.2) is 44.0 Å². The van der Waals surface area contributed by atoms with E-state index in [-0.39, 0.29) is 16.4 Å². The van der Waals surface area contributed by atoms with Gasteiger partial charge in [-0.15, -0.1) is 10.2 Å². The average molecular weight is 572 g/mol. The molecule has 0 spiro atoms. The van der Waals surface area contributed by atoms with Gasteiger partial charge in [0.05, 0.1) is 10.6 Å². The number of benzene rings is 3. The normalized spacial score (nSPS) is 13.9. The second-order valence-electron chi connectivity index (χ2n) is 10.9. The summed E-state index contributed by atoms with van der Waals surface area (Å²) in [6.45, 7) is 9.90. The Balaban J connectivity index is 1.29. The molecule has 1 saturated heterocycles. The van der Waals surface area contributed by atoms with Gasteiger partial charge in [-0.05, 0) is 91.3 Å². The minimum absolute atomic E-state index is 0.0749. The number of rotatable bonds is 6. The monoisotopic (exact) mass is 571 g/mol. The number of carbonyl (C=O) groups excluding carboxylic acids is 1. The number of piperidine rings is 1. The van der Waals surface area contributed by atoms with E-state index in [4.69, 9.17) is 12.2 Å². The van der Waals surface area contributed by atoms with E-state index in [0.717, 1.165) is 42.7 Å². The standard InChI is InChI=1S/C30H33N7O3S/c1-18(2)21-5-8-23(9-6-21)36-33-25-15-20(4)24(17-26(25)34-36)31-30(41)32-29(38)22-7-10-27(28(16-22)37(39)40)35-13-11-19(3)12-14-35/h5-10,15-19H,11-14H2,1-4H3,(H2,31,32,38,41). The van der Waals surface area contributed by atoms with E-state index in [1.807, 2.05) is 36.1 Å². The maximum absolute atomic E-state index is 13.0. The van der Waals surface area contributed by atoms with Crippen LogP contribution in [-0.2, 0) is 0 Å². The molecular weight excluding hydrogens is 538 g/mol. The van der Waals surface area contributed by atoms with Crippen LogP contribution in [0.15, 0.2) is 54.6 Å². The Labute approximate surface area is 243 Å². The van der Waals surface area contributed by atoms with Gasteiger partial charge in [-0.25, -0.2) is 0 Å². The molecule has 4 aromatic rings. The van der Waals surface area contributed by atoms with Gasteiger partial charge in [0.1, 0.15) is 16.7 Å². The number of aryl methyl sites for hydroxylation is 1. The van der Waals surface area contributed by atoms with Crippen LogP contribution in [0.4, 0.5) is 17.1 Å². The quantitative estimate of drug-likeness (QED) is 0.161. The second-order valence-corrected chi connectivity index (χ2v) is 11.3. The predicted molar refractivity (Wildman–Crippen MR) is 165 cm³/mol. The van der Waals surface area contributed by atoms with Crippen molar-refractivity contribution in [1.29, 1.82) is 0 Å². The van der Waals surface area contributed by atoms with E-state index in [9.17, 15) is 14.9 Å². The maximum Gasteiger partial charge on any atom is 0.293 e. The number of aromatic nitrogens is 3. The van der Waals surface area contributed by atoms with Gasteiger partial charge in [-0.3, -0.25) is 20.2 Å². The van der Waals surface area contributed by atoms with Crippen LogP contribution >= 0.6 is 12.2 Å². The zero-order valence-corrected chi connectivity index (χ0v) is 24.4. The van der Waals surface area contributed by atoms with Gasteiger partial charge in [-0.1, -0.05) is 32.9 Å². The van der Waals surface area contributed by atoms with Crippen molar-refractivity contribution in [2.75, 3.05) is 23.3 Å². The third-order valence-electron chi connectivity index (χ3n) is 7.55. The van der Waals surface area contributed by atoms with Crippen LogP contribution in [0.25, 0.3) is 16.7 Å². The third kappa shape index (κ3) is 6.19. The predicted octanol–water partition coefficient (Wildman–Crippen LogP) is 6.12. The molecule has 11 heteroatoms. The van der Waals surface area contributed by atoms with Gasteiger partial charge in [-0.2, -0.15) is 4.80 Å². The molecule has 1 aromatic heterocycles. The van der Waals surface area contributed by atoms with E-state index in [1.54, 1.807) is 16.9 Å². The van der Waals surface area contributed by atoms with Crippen LogP contribution in [0.5, 0.6) is 0 Å². The number of fused-ring (bicyclic) bond motifs is 1. The largest absolute Gasteiger partial charge is 0.366 e. The number of carbonyl (C=O) groups is 1. The molecule has 0 atom stereocenters. The van der Waals surface area contributed by atoms with E-state index >= 15 is 0 Å². The fourth-order valence-electron chi connectivity index (χ4n) is 4.97. The zero-order valence-electron chi connectivity index (χ0n) is 23.5. The Kier molecular flexibility index (Phi) is 7.98. The van der Waals surface area contributed by atoms with Gasteiger partial charge in [0, 0.05) is 30.4 Å². The van der Waals surface area contributed by atoms with E-state index in [1.165, 1.54) is 11.6 Å². The van der Waals surface area contributed by atoms with Gasteiger partial charge in [0.2, 0.25) is 0 Å². The van der Waals surface area contributed by atoms with Crippen LogP contribution < -0.4 is 15.5 Å². The lowest BCUT2D eigenvalue weighted by atomic mass is 9.98. The highest BCUT2D eigenvalue weighted by molar-refractivity contribution is 7.80. The summed E-state index contributed by atoms with van der Waals surface area (Å²) in [5.74, 6) is 0.508. The van der Waals surface area contributed by atoms with Crippen LogP contribution in [0.1, 0.15) is 61.0 Å². The fraction of sp³-hybridized carbons (Fsp3) is 0.333. The van der Waals surface area contributed by atoms with Crippen molar-refractivity contribution in [3.63, 3.8) is 0 Å². The van der Waals surface area contributed by atoms with E-state index < -0.39 is 10.8 Å². The number of anilines is 2. The number of thiocarbonyl (C=S) groups is 1. The Hall–Kier alpha value is -4.38. The summed E-state index contributed by atoms with van der Waals surface area (Å²) in [6, 6.07) is 16.4. The zero-order chi connectivity index (χ0) is 29.3. The molecule has 0 radical (unpaired) electrons.